The summed E-state index contributed by atoms with van der Waals surface area (Å²) in [6.07, 6.45) is 1.99. The van der Waals surface area contributed by atoms with Crippen molar-refractivity contribution in [2.24, 2.45) is 5.73 Å². The van der Waals surface area contributed by atoms with Gasteiger partial charge in [-0.05, 0) is 24.1 Å². The third kappa shape index (κ3) is 5.29. The number of nitrogens with one attached hydrogen (secondary N) is 1. The number of hydrogen-bond acceptors (Lipinski definition) is 4. The van der Waals surface area contributed by atoms with Gasteiger partial charge in [-0.3, -0.25) is 9.00 Å². The monoisotopic (exact) mass is 270 g/mol. The van der Waals surface area contributed by atoms with Crippen LogP contribution >= 0.6 is 0 Å². The molecule has 5 nitrogen and oxygen atoms in total. The molecule has 1 aromatic rings. The Balaban J connectivity index is 2.39. The Morgan fingerprint density at radius 1 is 1.44 bits per heavy atom. The Kier molecular flexibility index (Phi) is 5.80. The molecule has 0 aromatic heterocycles. The number of aromatic hydroxyl groups is 1. The molecule has 0 spiro atoms. The lowest BCUT2D eigenvalue weighted by Crippen LogP contribution is -2.43. The highest BCUT2D eigenvalue weighted by Crippen LogP contribution is 2.10. The van der Waals surface area contributed by atoms with Crippen LogP contribution in [0.5, 0.6) is 5.75 Å². The number of rotatable bonds is 6. The number of carbonyl (C=O) groups excluding carboxylic acids is 1. The van der Waals surface area contributed by atoms with E-state index in [0.717, 1.165) is 5.56 Å². The molecule has 0 fully saturated rings. The van der Waals surface area contributed by atoms with Crippen molar-refractivity contribution in [3.8, 4) is 5.75 Å². The first kappa shape index (κ1) is 14.7. The molecule has 0 radical (unpaired) electrons. The van der Waals surface area contributed by atoms with Crippen LogP contribution in [-0.2, 0) is 22.0 Å². The van der Waals surface area contributed by atoms with Crippen molar-refractivity contribution in [1.29, 1.82) is 0 Å². The molecule has 0 aliphatic carbocycles. The predicted octanol–water partition coefficient (Wildman–Crippen LogP) is -0.243. The van der Waals surface area contributed by atoms with E-state index in [9.17, 15) is 9.00 Å². The van der Waals surface area contributed by atoms with Crippen LogP contribution in [0.25, 0.3) is 0 Å². The van der Waals surface area contributed by atoms with E-state index < -0.39 is 16.8 Å². The lowest BCUT2D eigenvalue weighted by atomic mass is 10.1. The molecule has 0 saturated heterocycles. The van der Waals surface area contributed by atoms with E-state index in [1.54, 1.807) is 30.5 Å². The second-order valence-corrected chi connectivity index (χ2v) is 5.60. The molecule has 1 amide bonds. The van der Waals surface area contributed by atoms with Crippen LogP contribution in [-0.4, -0.2) is 39.8 Å². The third-order valence-corrected chi connectivity index (χ3v) is 3.20. The molecule has 1 rings (SSSR count). The fraction of sp³-hybridized carbons (Fsp3) is 0.417. The lowest BCUT2D eigenvalue weighted by Gasteiger charge is -2.12. The zero-order valence-electron chi connectivity index (χ0n) is 10.3. The Bertz CT molecular complexity index is 420. The summed E-state index contributed by atoms with van der Waals surface area (Å²) in [5, 5.41) is 11.8. The van der Waals surface area contributed by atoms with Crippen molar-refractivity contribution < 1.29 is 14.1 Å². The molecular weight excluding hydrogens is 252 g/mol. The summed E-state index contributed by atoms with van der Waals surface area (Å²) in [6.45, 7) is 0.366. The second-order valence-electron chi connectivity index (χ2n) is 4.05. The van der Waals surface area contributed by atoms with E-state index in [1.807, 2.05) is 0 Å². The van der Waals surface area contributed by atoms with Crippen LogP contribution in [0.4, 0.5) is 0 Å². The van der Waals surface area contributed by atoms with Gasteiger partial charge < -0.3 is 16.2 Å². The van der Waals surface area contributed by atoms with Crippen molar-refractivity contribution in [2.75, 3.05) is 18.6 Å². The molecule has 0 heterocycles. The minimum atomic E-state index is -0.919. The van der Waals surface area contributed by atoms with E-state index in [2.05, 4.69) is 5.32 Å². The molecule has 0 aliphatic heterocycles. The Labute approximate surface area is 109 Å². The van der Waals surface area contributed by atoms with Gasteiger partial charge in [-0.1, -0.05) is 12.1 Å². The van der Waals surface area contributed by atoms with Crippen LogP contribution in [0.2, 0.25) is 0 Å². The average molecular weight is 270 g/mol. The van der Waals surface area contributed by atoms with Gasteiger partial charge in [-0.25, -0.2) is 0 Å². The van der Waals surface area contributed by atoms with Crippen LogP contribution < -0.4 is 11.1 Å². The molecule has 2 unspecified atom stereocenters. The van der Waals surface area contributed by atoms with Gasteiger partial charge in [0.25, 0.3) is 0 Å². The number of phenols is 1. The lowest BCUT2D eigenvalue weighted by molar-refractivity contribution is -0.122. The second kappa shape index (κ2) is 7.13. The van der Waals surface area contributed by atoms with Gasteiger partial charge in [0.15, 0.2) is 0 Å². The third-order valence-electron chi connectivity index (χ3n) is 2.42. The topological polar surface area (TPSA) is 92.4 Å². The normalized spacial score (nSPS) is 13.9. The molecule has 2 atom stereocenters. The van der Waals surface area contributed by atoms with E-state index in [1.165, 1.54) is 0 Å². The van der Waals surface area contributed by atoms with Crippen LogP contribution in [0, 0.1) is 0 Å². The number of hydrogen-bond donors (Lipinski definition) is 3. The van der Waals surface area contributed by atoms with Gasteiger partial charge in [-0.15, -0.1) is 0 Å². The Morgan fingerprint density at radius 2 is 2.06 bits per heavy atom. The first-order chi connectivity index (χ1) is 8.49. The molecule has 100 valence electrons. The fourth-order valence-electron chi connectivity index (χ4n) is 1.43. The standard InChI is InChI=1S/C12H18N2O3S/c1-18(17)7-6-14-12(16)11(13)8-9-2-4-10(15)5-3-9/h2-5,11,15H,6-8,13H2,1H3,(H,14,16). The maximum atomic E-state index is 11.6. The number of benzene rings is 1. The predicted molar refractivity (Wildman–Crippen MR) is 71.7 cm³/mol. The molecule has 18 heavy (non-hydrogen) atoms. The van der Waals surface area contributed by atoms with Gasteiger partial charge in [0.05, 0.1) is 6.04 Å². The van der Waals surface area contributed by atoms with Crippen LogP contribution in [0.1, 0.15) is 5.56 Å². The van der Waals surface area contributed by atoms with Crippen LogP contribution in [0.15, 0.2) is 24.3 Å². The van der Waals surface area contributed by atoms with Crippen molar-refractivity contribution in [2.45, 2.75) is 12.5 Å². The zero-order chi connectivity index (χ0) is 13.5. The Morgan fingerprint density at radius 3 is 2.61 bits per heavy atom. The highest BCUT2D eigenvalue weighted by molar-refractivity contribution is 7.84. The summed E-state index contributed by atoms with van der Waals surface area (Å²) in [5.41, 5.74) is 6.64. The molecule has 0 aliphatic rings. The largest absolute Gasteiger partial charge is 0.508 e. The van der Waals surface area contributed by atoms with Crippen molar-refractivity contribution in [3.05, 3.63) is 29.8 Å². The zero-order valence-corrected chi connectivity index (χ0v) is 11.1. The van der Waals surface area contributed by atoms with Crippen molar-refractivity contribution >= 4 is 16.7 Å². The van der Waals surface area contributed by atoms with Crippen LogP contribution in [0.3, 0.4) is 0 Å². The van der Waals surface area contributed by atoms with E-state index in [-0.39, 0.29) is 11.7 Å². The van der Waals surface area contributed by atoms with Gasteiger partial charge in [0, 0.05) is 29.4 Å². The quantitative estimate of drug-likeness (QED) is 0.665. The molecule has 6 heteroatoms. The summed E-state index contributed by atoms with van der Waals surface area (Å²) < 4.78 is 10.8. The number of nitrogens with two attached hydrogens (primary N) is 1. The summed E-state index contributed by atoms with van der Waals surface area (Å²) in [6, 6.07) is 5.92. The van der Waals surface area contributed by atoms with E-state index in [4.69, 9.17) is 10.8 Å². The first-order valence-electron chi connectivity index (χ1n) is 5.60. The van der Waals surface area contributed by atoms with Crippen molar-refractivity contribution in [1.82, 2.24) is 5.32 Å². The van der Waals surface area contributed by atoms with E-state index >= 15 is 0 Å². The molecule has 0 saturated carbocycles. The smallest absolute Gasteiger partial charge is 0.237 e. The molecule has 1 aromatic carbocycles. The molecule has 4 N–H and O–H groups in total. The number of amides is 1. The van der Waals surface area contributed by atoms with Gasteiger partial charge in [-0.2, -0.15) is 0 Å². The molecular formula is C12H18N2O3S. The van der Waals surface area contributed by atoms with Gasteiger partial charge >= 0.3 is 0 Å². The highest BCUT2D eigenvalue weighted by atomic mass is 32.2. The van der Waals surface area contributed by atoms with Gasteiger partial charge in [0.2, 0.25) is 5.91 Å². The van der Waals surface area contributed by atoms with Crippen molar-refractivity contribution in [3.63, 3.8) is 0 Å². The maximum absolute atomic E-state index is 11.6. The number of phenolic OH excluding ortho intramolecular Hbond substituents is 1. The minimum Gasteiger partial charge on any atom is -0.508 e. The Hall–Kier alpha value is -1.40. The highest BCUT2D eigenvalue weighted by Gasteiger charge is 2.13. The summed E-state index contributed by atoms with van der Waals surface area (Å²) in [5.74, 6) is 0.355. The van der Waals surface area contributed by atoms with E-state index in [0.29, 0.717) is 18.7 Å². The fourth-order valence-corrected chi connectivity index (χ4v) is 1.82. The summed E-state index contributed by atoms with van der Waals surface area (Å²) >= 11 is 0. The maximum Gasteiger partial charge on any atom is 0.237 e. The summed E-state index contributed by atoms with van der Waals surface area (Å²) in [7, 11) is -0.919. The summed E-state index contributed by atoms with van der Waals surface area (Å²) in [4.78, 5) is 11.6. The minimum absolute atomic E-state index is 0.183. The average Bonchev–Trinajstić information content (AvgIpc) is 2.31. The first-order valence-corrected chi connectivity index (χ1v) is 7.33. The SMILES string of the molecule is CS(=O)CCNC(=O)C(N)Cc1ccc(O)cc1. The number of carbonyl (C=O) groups is 1. The van der Waals surface area contributed by atoms with Gasteiger partial charge in [0.1, 0.15) is 5.75 Å². The molecule has 0 bridgehead atoms.